The molecule has 1 aliphatic rings. The number of carbonyl (C=O) groups is 2. The highest BCUT2D eigenvalue weighted by Crippen LogP contribution is 2.22. The molecule has 8 nitrogen and oxygen atoms in total. The molecule has 9 heteroatoms. The van der Waals surface area contributed by atoms with Crippen molar-refractivity contribution in [2.24, 2.45) is 0 Å². The molecule has 0 radical (unpaired) electrons. The van der Waals surface area contributed by atoms with Crippen LogP contribution in [-0.2, 0) is 4.79 Å². The Hall–Kier alpha value is -3.91. The van der Waals surface area contributed by atoms with Crippen LogP contribution >= 0.6 is 11.6 Å². The van der Waals surface area contributed by atoms with E-state index in [9.17, 15) is 9.59 Å². The molecule has 3 aromatic rings. The van der Waals surface area contributed by atoms with E-state index in [1.54, 1.807) is 42.4 Å². The normalized spacial score (nSPS) is 13.3. The Kier molecular flexibility index (Phi) is 8.17. The lowest BCUT2D eigenvalue weighted by atomic mass is 10.1. The van der Waals surface area contributed by atoms with E-state index in [0.29, 0.717) is 36.8 Å². The number of halogens is 1. The van der Waals surface area contributed by atoms with E-state index in [1.807, 2.05) is 36.4 Å². The third-order valence-corrected chi connectivity index (χ3v) is 6.30. The predicted molar refractivity (Wildman–Crippen MR) is 140 cm³/mol. The lowest BCUT2D eigenvalue weighted by Gasteiger charge is -2.36. The van der Waals surface area contributed by atoms with E-state index in [-0.39, 0.29) is 24.9 Å². The van der Waals surface area contributed by atoms with Crippen LogP contribution in [0.2, 0.25) is 5.02 Å². The molecule has 0 unspecified atom stereocenters. The Morgan fingerprint density at radius 2 is 1.69 bits per heavy atom. The zero-order chi connectivity index (χ0) is 25.5. The Morgan fingerprint density at radius 3 is 2.28 bits per heavy atom. The lowest BCUT2D eigenvalue weighted by Crippen LogP contribution is -2.52. The molecule has 0 bridgehead atoms. The number of piperazine rings is 1. The van der Waals surface area contributed by atoms with Crippen molar-refractivity contribution in [3.63, 3.8) is 0 Å². The van der Waals surface area contributed by atoms with Crippen LogP contribution in [-0.4, -0.2) is 78.2 Å². The van der Waals surface area contributed by atoms with E-state index in [4.69, 9.17) is 16.3 Å². The molecule has 4 rings (SSSR count). The second-order valence-corrected chi connectivity index (χ2v) is 8.79. The van der Waals surface area contributed by atoms with Gasteiger partial charge in [-0.05, 0) is 60.7 Å². The highest BCUT2D eigenvalue weighted by Gasteiger charge is 2.25. The Bertz CT molecular complexity index is 1190. The zero-order valence-electron chi connectivity index (χ0n) is 20.1. The van der Waals surface area contributed by atoms with E-state index in [0.717, 1.165) is 22.8 Å². The fraction of sp³-hybridized carbons (Fsp3) is 0.259. The SMILES string of the molecule is C=CCN(CC(=O)N1CCN(c2ccc(-c3ccc(OC)cc3)nn2)CC1)C(=O)c1ccc(Cl)cc1. The molecule has 186 valence electrons. The number of aromatic nitrogens is 2. The first kappa shape index (κ1) is 25.2. The molecule has 2 aromatic carbocycles. The maximum absolute atomic E-state index is 13.0. The molecule has 0 N–H and O–H groups in total. The molecule has 1 aromatic heterocycles. The fourth-order valence-corrected chi connectivity index (χ4v) is 4.13. The van der Waals surface area contributed by atoms with Gasteiger partial charge in [-0.3, -0.25) is 9.59 Å². The van der Waals surface area contributed by atoms with Crippen LogP contribution in [0.15, 0.2) is 73.3 Å². The molecule has 0 saturated carbocycles. The second kappa shape index (κ2) is 11.7. The summed E-state index contributed by atoms with van der Waals surface area (Å²) in [5, 5.41) is 9.32. The number of methoxy groups -OCH3 is 1. The molecular weight excluding hydrogens is 478 g/mol. The predicted octanol–water partition coefficient (Wildman–Crippen LogP) is 3.78. The standard InChI is InChI=1S/C27H28ClN5O3/c1-3-14-33(27(35)21-4-8-22(28)9-5-21)19-26(34)32-17-15-31(16-18-32)25-13-12-24(29-30-25)20-6-10-23(36-2)11-7-20/h3-13H,1,14-19H2,2H3. The topological polar surface area (TPSA) is 78.9 Å². The van der Waals surface area contributed by atoms with Crippen LogP contribution in [0.5, 0.6) is 5.75 Å². The molecule has 2 heterocycles. The molecular formula is C27H28ClN5O3. The largest absolute Gasteiger partial charge is 0.497 e. The van der Waals surface area contributed by atoms with Crippen LogP contribution in [0, 0.1) is 0 Å². The minimum atomic E-state index is -0.231. The van der Waals surface area contributed by atoms with E-state index in [1.165, 1.54) is 4.90 Å². The molecule has 1 saturated heterocycles. The van der Waals surface area contributed by atoms with Gasteiger partial charge in [-0.2, -0.15) is 0 Å². The maximum Gasteiger partial charge on any atom is 0.254 e. The first-order valence-electron chi connectivity index (χ1n) is 11.6. The van der Waals surface area contributed by atoms with E-state index in [2.05, 4.69) is 21.7 Å². The third-order valence-electron chi connectivity index (χ3n) is 6.05. The Labute approximate surface area is 215 Å². The van der Waals surface area contributed by atoms with Gasteiger partial charge in [0.05, 0.1) is 12.8 Å². The molecule has 1 fully saturated rings. The van der Waals surface area contributed by atoms with E-state index < -0.39 is 0 Å². The quantitative estimate of drug-likeness (QED) is 0.433. The number of amides is 2. The van der Waals surface area contributed by atoms with Crippen LogP contribution in [0.1, 0.15) is 10.4 Å². The number of nitrogens with zero attached hydrogens (tertiary/aromatic N) is 5. The van der Waals surface area contributed by atoms with Gasteiger partial charge in [0.2, 0.25) is 5.91 Å². The summed E-state index contributed by atoms with van der Waals surface area (Å²) in [5.41, 5.74) is 2.22. The lowest BCUT2D eigenvalue weighted by molar-refractivity contribution is -0.132. The summed E-state index contributed by atoms with van der Waals surface area (Å²) >= 11 is 5.93. The summed E-state index contributed by atoms with van der Waals surface area (Å²) < 4.78 is 5.20. The fourth-order valence-electron chi connectivity index (χ4n) is 4.01. The summed E-state index contributed by atoms with van der Waals surface area (Å²) in [5.74, 6) is 1.23. The average Bonchev–Trinajstić information content (AvgIpc) is 2.93. The molecule has 2 amide bonds. The van der Waals surface area contributed by atoms with Crippen molar-refractivity contribution in [3.05, 3.63) is 83.9 Å². The van der Waals surface area contributed by atoms with Gasteiger partial charge in [0, 0.05) is 48.9 Å². The molecule has 0 atom stereocenters. The van der Waals surface area contributed by atoms with Crippen molar-refractivity contribution in [2.45, 2.75) is 0 Å². The highest BCUT2D eigenvalue weighted by atomic mass is 35.5. The van der Waals surface area contributed by atoms with Crippen molar-refractivity contribution in [1.82, 2.24) is 20.0 Å². The van der Waals surface area contributed by atoms with Gasteiger partial charge in [-0.1, -0.05) is 17.7 Å². The van der Waals surface area contributed by atoms with Crippen molar-refractivity contribution in [1.29, 1.82) is 0 Å². The number of hydrogen-bond acceptors (Lipinski definition) is 6. The minimum Gasteiger partial charge on any atom is -0.497 e. The average molecular weight is 506 g/mol. The monoisotopic (exact) mass is 505 g/mol. The first-order valence-corrected chi connectivity index (χ1v) is 12.0. The van der Waals surface area contributed by atoms with Crippen LogP contribution in [0.4, 0.5) is 5.82 Å². The van der Waals surface area contributed by atoms with E-state index >= 15 is 0 Å². The summed E-state index contributed by atoms with van der Waals surface area (Å²) in [6, 6.07) is 18.2. The van der Waals surface area contributed by atoms with Crippen molar-refractivity contribution < 1.29 is 14.3 Å². The molecule has 0 aliphatic carbocycles. The summed E-state index contributed by atoms with van der Waals surface area (Å²) in [7, 11) is 1.63. The van der Waals surface area contributed by atoms with Gasteiger partial charge in [0.15, 0.2) is 5.82 Å². The summed E-state index contributed by atoms with van der Waals surface area (Å²) in [4.78, 5) is 31.3. The number of benzene rings is 2. The summed E-state index contributed by atoms with van der Waals surface area (Å²) in [6.07, 6.45) is 1.62. The third kappa shape index (κ3) is 6.01. The van der Waals surface area contributed by atoms with Gasteiger partial charge in [0.1, 0.15) is 12.3 Å². The number of anilines is 1. The zero-order valence-corrected chi connectivity index (χ0v) is 20.9. The first-order chi connectivity index (χ1) is 17.5. The number of ether oxygens (including phenoxy) is 1. The smallest absolute Gasteiger partial charge is 0.254 e. The van der Waals surface area contributed by atoms with Crippen LogP contribution < -0.4 is 9.64 Å². The second-order valence-electron chi connectivity index (χ2n) is 8.35. The highest BCUT2D eigenvalue weighted by molar-refractivity contribution is 6.30. The number of hydrogen-bond donors (Lipinski definition) is 0. The Balaban J connectivity index is 1.33. The van der Waals surface area contributed by atoms with Crippen LogP contribution in [0.3, 0.4) is 0 Å². The van der Waals surface area contributed by atoms with Gasteiger partial charge < -0.3 is 19.4 Å². The molecule has 36 heavy (non-hydrogen) atoms. The van der Waals surface area contributed by atoms with Crippen LogP contribution in [0.25, 0.3) is 11.3 Å². The summed E-state index contributed by atoms with van der Waals surface area (Å²) in [6.45, 7) is 6.34. The maximum atomic E-state index is 13.0. The minimum absolute atomic E-state index is 0.0101. The van der Waals surface area contributed by atoms with Gasteiger partial charge in [-0.15, -0.1) is 16.8 Å². The van der Waals surface area contributed by atoms with Gasteiger partial charge >= 0.3 is 0 Å². The van der Waals surface area contributed by atoms with Crippen molar-refractivity contribution >= 4 is 29.2 Å². The van der Waals surface area contributed by atoms with Crippen molar-refractivity contribution in [3.8, 4) is 17.0 Å². The molecule has 1 aliphatic heterocycles. The number of carbonyl (C=O) groups excluding carboxylic acids is 2. The van der Waals surface area contributed by atoms with Gasteiger partial charge in [-0.25, -0.2) is 0 Å². The molecule has 0 spiro atoms. The van der Waals surface area contributed by atoms with Crippen molar-refractivity contribution in [2.75, 3.05) is 51.3 Å². The number of rotatable bonds is 8. The Morgan fingerprint density at radius 1 is 1.00 bits per heavy atom. The van der Waals surface area contributed by atoms with Gasteiger partial charge in [0.25, 0.3) is 5.91 Å².